The lowest BCUT2D eigenvalue weighted by Crippen LogP contribution is -2.41. The molecule has 1 unspecified atom stereocenters. The van der Waals surface area contributed by atoms with Gasteiger partial charge in [-0.25, -0.2) is 9.78 Å². The molecule has 32 heavy (non-hydrogen) atoms. The van der Waals surface area contributed by atoms with Crippen LogP contribution in [-0.2, 0) is 4.79 Å². The summed E-state index contributed by atoms with van der Waals surface area (Å²) in [6.07, 6.45) is 7.78. The van der Waals surface area contributed by atoms with Gasteiger partial charge >= 0.3 is 5.97 Å². The molecule has 2 aromatic rings. The number of fused-ring (bicyclic) bond motifs is 1. The molecular weight excluding hydrogens is 453 g/mol. The third-order valence-corrected chi connectivity index (χ3v) is 6.02. The Morgan fingerprint density at radius 1 is 1.12 bits per heavy atom. The monoisotopic (exact) mass is 479 g/mol. The maximum Gasteiger partial charge on any atom is 0.326 e. The molecule has 9 heteroatoms. The van der Waals surface area contributed by atoms with Crippen molar-refractivity contribution < 1.29 is 19.4 Å². The molecule has 0 bridgehead atoms. The van der Waals surface area contributed by atoms with Crippen LogP contribution in [0.25, 0.3) is 0 Å². The molecule has 1 amide bonds. The molecule has 2 atom stereocenters. The predicted octanol–water partition coefficient (Wildman–Crippen LogP) is 5.18. The molecule has 172 valence electrons. The number of carbonyl (C=O) groups excluding carboxylic acids is 1. The van der Waals surface area contributed by atoms with Crippen LogP contribution in [0.1, 0.15) is 55.3 Å². The minimum absolute atomic E-state index is 0.0974. The Labute approximate surface area is 197 Å². The number of amides is 1. The fourth-order valence-electron chi connectivity index (χ4n) is 3.67. The van der Waals surface area contributed by atoms with Gasteiger partial charge in [0.15, 0.2) is 11.6 Å². The van der Waals surface area contributed by atoms with Gasteiger partial charge in [0, 0.05) is 6.20 Å². The predicted molar refractivity (Wildman–Crippen MR) is 125 cm³/mol. The minimum atomic E-state index is -1.07. The highest BCUT2D eigenvalue weighted by molar-refractivity contribution is 6.39. The zero-order chi connectivity index (χ0) is 22.9. The van der Waals surface area contributed by atoms with Crippen LogP contribution < -0.4 is 15.4 Å². The van der Waals surface area contributed by atoms with Crippen molar-refractivity contribution in [3.05, 3.63) is 52.1 Å². The lowest BCUT2D eigenvalue weighted by molar-refractivity contribution is -0.139. The van der Waals surface area contributed by atoms with E-state index in [0.29, 0.717) is 19.4 Å². The fraction of sp³-hybridized carbons (Fsp3) is 0.435. The molecule has 0 radical (unpaired) electrons. The second-order valence-corrected chi connectivity index (χ2v) is 8.62. The number of benzene rings is 1. The molecule has 1 aromatic carbocycles. The molecule has 3 rings (SSSR count). The number of nitrogens with one attached hydrogen (secondary N) is 2. The van der Waals surface area contributed by atoms with Crippen LogP contribution >= 0.6 is 23.2 Å². The van der Waals surface area contributed by atoms with E-state index in [2.05, 4.69) is 15.6 Å². The van der Waals surface area contributed by atoms with Crippen LogP contribution in [-0.4, -0.2) is 40.7 Å². The summed E-state index contributed by atoms with van der Waals surface area (Å²) in [5.41, 5.74) is 0.0974. The molecule has 0 spiro atoms. The minimum Gasteiger partial charge on any atom is -0.488 e. The summed E-state index contributed by atoms with van der Waals surface area (Å²) in [6, 6.07) is 7.74. The van der Waals surface area contributed by atoms with E-state index >= 15 is 0 Å². The SMILES string of the molecule is O=C(N[C@@H](CCCCCCCC1COc2cccnc2N1)C(=O)O)c1c(Cl)cccc1Cl. The average molecular weight is 480 g/mol. The molecule has 7 nitrogen and oxygen atoms in total. The summed E-state index contributed by atoms with van der Waals surface area (Å²) >= 11 is 12.1. The molecular formula is C23H27Cl2N3O4. The quantitative estimate of drug-likeness (QED) is 0.384. The number of anilines is 1. The normalized spacial score (nSPS) is 15.8. The molecule has 1 aromatic heterocycles. The summed E-state index contributed by atoms with van der Waals surface area (Å²) in [5.74, 6) is -0.0609. The van der Waals surface area contributed by atoms with Crippen molar-refractivity contribution in [1.29, 1.82) is 0 Å². The number of hydrogen-bond donors (Lipinski definition) is 3. The van der Waals surface area contributed by atoms with Crippen LogP contribution in [0.4, 0.5) is 5.82 Å². The number of rotatable bonds is 11. The number of pyridine rings is 1. The second kappa shape index (κ2) is 11.9. The van der Waals surface area contributed by atoms with Crippen molar-refractivity contribution in [2.45, 2.75) is 57.0 Å². The van der Waals surface area contributed by atoms with Gasteiger partial charge in [0.25, 0.3) is 5.91 Å². The maximum atomic E-state index is 12.4. The molecule has 0 saturated carbocycles. The van der Waals surface area contributed by atoms with Gasteiger partial charge in [0.1, 0.15) is 12.6 Å². The number of halogens is 2. The van der Waals surface area contributed by atoms with Crippen molar-refractivity contribution in [3.8, 4) is 5.75 Å². The molecule has 1 aliphatic rings. The van der Waals surface area contributed by atoms with E-state index < -0.39 is 17.9 Å². The number of aliphatic carboxylic acids is 1. The third kappa shape index (κ3) is 6.74. The number of unbranched alkanes of at least 4 members (excludes halogenated alkanes) is 4. The van der Waals surface area contributed by atoms with Crippen LogP contribution in [0.2, 0.25) is 10.0 Å². The zero-order valence-electron chi connectivity index (χ0n) is 17.7. The summed E-state index contributed by atoms with van der Waals surface area (Å²) in [4.78, 5) is 28.3. The highest BCUT2D eigenvalue weighted by Crippen LogP contribution is 2.27. The van der Waals surface area contributed by atoms with Gasteiger partial charge in [-0.3, -0.25) is 4.79 Å². The Kier molecular flexibility index (Phi) is 9.00. The van der Waals surface area contributed by atoms with E-state index in [9.17, 15) is 14.7 Å². The van der Waals surface area contributed by atoms with Gasteiger partial charge in [0.05, 0.1) is 21.7 Å². The number of nitrogens with zero attached hydrogens (tertiary/aromatic N) is 1. The van der Waals surface area contributed by atoms with Crippen molar-refractivity contribution in [2.75, 3.05) is 11.9 Å². The van der Waals surface area contributed by atoms with Crippen molar-refractivity contribution >= 4 is 40.9 Å². The Bertz CT molecular complexity index is 921. The summed E-state index contributed by atoms with van der Waals surface area (Å²) in [6.45, 7) is 0.633. The van der Waals surface area contributed by atoms with Gasteiger partial charge in [-0.2, -0.15) is 0 Å². The molecule has 0 fully saturated rings. The fourth-order valence-corrected chi connectivity index (χ4v) is 4.24. The number of carboxylic acid groups (broad SMARTS) is 1. The van der Waals surface area contributed by atoms with Crippen LogP contribution in [0.5, 0.6) is 5.75 Å². The van der Waals surface area contributed by atoms with E-state index in [1.807, 2.05) is 12.1 Å². The van der Waals surface area contributed by atoms with Crippen LogP contribution in [0, 0.1) is 0 Å². The Morgan fingerprint density at radius 2 is 1.84 bits per heavy atom. The van der Waals surface area contributed by atoms with E-state index in [0.717, 1.165) is 43.7 Å². The molecule has 0 saturated heterocycles. The van der Waals surface area contributed by atoms with E-state index in [1.54, 1.807) is 24.4 Å². The first kappa shape index (κ1) is 24.1. The number of ether oxygens (including phenoxy) is 1. The third-order valence-electron chi connectivity index (χ3n) is 5.39. The van der Waals surface area contributed by atoms with Gasteiger partial charge < -0.3 is 20.5 Å². The number of hydrogen-bond acceptors (Lipinski definition) is 5. The van der Waals surface area contributed by atoms with E-state index in [-0.39, 0.29) is 21.7 Å². The van der Waals surface area contributed by atoms with E-state index in [1.165, 1.54) is 0 Å². The smallest absolute Gasteiger partial charge is 0.326 e. The van der Waals surface area contributed by atoms with Crippen LogP contribution in [0.15, 0.2) is 36.5 Å². The molecule has 2 heterocycles. The highest BCUT2D eigenvalue weighted by atomic mass is 35.5. The van der Waals surface area contributed by atoms with Crippen molar-refractivity contribution in [2.24, 2.45) is 0 Å². The molecule has 3 N–H and O–H groups in total. The average Bonchev–Trinajstić information content (AvgIpc) is 2.77. The van der Waals surface area contributed by atoms with Crippen LogP contribution in [0.3, 0.4) is 0 Å². The summed E-state index contributed by atoms with van der Waals surface area (Å²) in [7, 11) is 0. The van der Waals surface area contributed by atoms with Gasteiger partial charge in [-0.1, -0.05) is 61.4 Å². The van der Waals surface area contributed by atoms with Crippen molar-refractivity contribution in [1.82, 2.24) is 10.3 Å². The first-order valence-electron chi connectivity index (χ1n) is 10.8. The van der Waals surface area contributed by atoms with Gasteiger partial charge in [0.2, 0.25) is 0 Å². The summed E-state index contributed by atoms with van der Waals surface area (Å²) < 4.78 is 5.73. The topological polar surface area (TPSA) is 101 Å². The van der Waals surface area contributed by atoms with Gasteiger partial charge in [-0.05, 0) is 37.1 Å². The largest absolute Gasteiger partial charge is 0.488 e. The lowest BCUT2D eigenvalue weighted by atomic mass is 10.0. The number of carboxylic acids is 1. The Hall–Kier alpha value is -2.51. The first-order valence-corrected chi connectivity index (χ1v) is 11.5. The van der Waals surface area contributed by atoms with Crippen molar-refractivity contribution in [3.63, 3.8) is 0 Å². The standard InChI is InChI=1S/C23H27Cl2N3O4/c24-16-9-6-10-17(25)20(16)22(29)28-18(23(30)31)11-5-3-1-2-4-8-15-14-32-19-12-7-13-26-21(19)27-15/h6-7,9-10,12-13,15,18H,1-5,8,11,14H2,(H,26,27)(H,28,29)(H,30,31)/t15?,18-/m0/s1. The van der Waals surface area contributed by atoms with Gasteiger partial charge in [-0.15, -0.1) is 0 Å². The maximum absolute atomic E-state index is 12.4. The second-order valence-electron chi connectivity index (χ2n) is 7.81. The Morgan fingerprint density at radius 3 is 2.59 bits per heavy atom. The number of carbonyl (C=O) groups is 2. The highest BCUT2D eigenvalue weighted by Gasteiger charge is 2.23. The number of aromatic nitrogens is 1. The Balaban J connectivity index is 1.33. The molecule has 1 aliphatic heterocycles. The lowest BCUT2D eigenvalue weighted by Gasteiger charge is -2.26. The molecule has 0 aliphatic carbocycles. The van der Waals surface area contributed by atoms with E-state index in [4.69, 9.17) is 27.9 Å². The zero-order valence-corrected chi connectivity index (χ0v) is 19.2. The first-order chi connectivity index (χ1) is 15.5. The summed E-state index contributed by atoms with van der Waals surface area (Å²) in [5, 5.41) is 15.8.